The minimum Gasteiger partial charge on any atom is -0.493 e. The number of benzene rings is 1. The molecule has 28 heavy (non-hydrogen) atoms. The third kappa shape index (κ3) is 3.14. The molecule has 154 valence electrons. The lowest BCUT2D eigenvalue weighted by atomic mass is 9.62. The van der Waals surface area contributed by atoms with Crippen molar-refractivity contribution in [1.82, 2.24) is 10.2 Å². The summed E-state index contributed by atoms with van der Waals surface area (Å²) in [4.78, 5) is 2.02. The number of fused-ring (bicyclic) bond motifs is 2. The zero-order valence-electron chi connectivity index (χ0n) is 17.0. The molecular weight excluding hydrogens is 372 g/mol. The van der Waals surface area contributed by atoms with Crippen molar-refractivity contribution < 1.29 is 14.6 Å². The second-order valence-corrected chi connectivity index (χ2v) is 8.95. The number of hydrogen-bond donors (Lipinski definition) is 2. The van der Waals surface area contributed by atoms with Crippen molar-refractivity contribution in [2.45, 2.75) is 75.6 Å². The van der Waals surface area contributed by atoms with Crippen LogP contribution in [0.2, 0.25) is 0 Å². The van der Waals surface area contributed by atoms with Gasteiger partial charge in [0.1, 0.15) is 5.72 Å². The van der Waals surface area contributed by atoms with Gasteiger partial charge in [-0.05, 0) is 50.4 Å². The van der Waals surface area contributed by atoms with Crippen LogP contribution in [0.1, 0.15) is 63.4 Å². The predicted molar refractivity (Wildman–Crippen MR) is 114 cm³/mol. The first kappa shape index (κ1) is 19.8. The van der Waals surface area contributed by atoms with E-state index in [-0.39, 0.29) is 11.5 Å². The van der Waals surface area contributed by atoms with Gasteiger partial charge in [-0.2, -0.15) is 0 Å². The van der Waals surface area contributed by atoms with Gasteiger partial charge in [-0.3, -0.25) is 0 Å². The number of para-hydroxylation sites is 1. The molecule has 2 saturated carbocycles. The third-order valence-corrected chi connectivity index (χ3v) is 7.46. The molecule has 4 rings (SSSR count). The van der Waals surface area contributed by atoms with E-state index in [2.05, 4.69) is 5.32 Å². The van der Waals surface area contributed by atoms with Crippen molar-refractivity contribution >= 4 is 17.3 Å². The molecule has 2 N–H and O–H groups in total. The van der Waals surface area contributed by atoms with E-state index in [4.69, 9.17) is 21.7 Å². The number of ether oxygens (including phenoxy) is 2. The maximum absolute atomic E-state index is 12.0. The Balaban J connectivity index is 1.69. The smallest absolute Gasteiger partial charge is 0.171 e. The number of aliphatic hydroxyl groups is 1. The first-order valence-corrected chi connectivity index (χ1v) is 11.0. The summed E-state index contributed by atoms with van der Waals surface area (Å²) in [6, 6.07) is 5.88. The molecule has 0 radical (unpaired) electrons. The largest absolute Gasteiger partial charge is 0.493 e. The van der Waals surface area contributed by atoms with Crippen molar-refractivity contribution in [3.8, 4) is 11.5 Å². The molecule has 6 heteroatoms. The average molecular weight is 405 g/mol. The van der Waals surface area contributed by atoms with E-state index in [0.29, 0.717) is 23.2 Å². The molecule has 5 nitrogen and oxygen atoms in total. The molecule has 0 aromatic heterocycles. The van der Waals surface area contributed by atoms with Crippen molar-refractivity contribution in [3.63, 3.8) is 0 Å². The van der Waals surface area contributed by atoms with Gasteiger partial charge in [0.25, 0.3) is 0 Å². The predicted octanol–water partition coefficient (Wildman–Crippen LogP) is 3.98. The fraction of sp³-hybridized carbons (Fsp3) is 0.682. The molecule has 3 aliphatic rings. The molecule has 2 atom stereocenters. The Morgan fingerprint density at radius 3 is 2.57 bits per heavy atom. The van der Waals surface area contributed by atoms with Crippen LogP contribution in [0.15, 0.2) is 18.2 Å². The normalized spacial score (nSPS) is 29.2. The minimum absolute atomic E-state index is 0.0422. The standard InChI is InChI=1S/C22H32N2O3S/c1-26-17-10-8-9-16(19(17)27-2)15-24-20(28)23-21(12-5-3-6-13-21)18-11-4-7-14-22(18,24)25/h8-10,18,25H,3-7,11-15H2,1-2H3,(H,23,28)/t18-,22-/m0/s1. The summed E-state index contributed by atoms with van der Waals surface area (Å²) >= 11 is 5.84. The third-order valence-electron chi connectivity index (χ3n) is 7.14. The SMILES string of the molecule is COc1cccc(CN2C(=S)NC3(CCCCC3)[C@@H]3CCCC[C@]32O)c1OC. The lowest BCUT2D eigenvalue weighted by Crippen LogP contribution is -2.75. The first-order valence-electron chi connectivity index (χ1n) is 10.6. The lowest BCUT2D eigenvalue weighted by molar-refractivity contribution is -0.184. The van der Waals surface area contributed by atoms with Crippen molar-refractivity contribution in [2.24, 2.45) is 5.92 Å². The summed E-state index contributed by atoms with van der Waals surface area (Å²) < 4.78 is 11.1. The van der Waals surface area contributed by atoms with E-state index >= 15 is 0 Å². The van der Waals surface area contributed by atoms with E-state index < -0.39 is 5.72 Å². The Morgan fingerprint density at radius 1 is 1.11 bits per heavy atom. The zero-order valence-corrected chi connectivity index (χ0v) is 17.8. The molecule has 1 aromatic rings. The molecule has 0 amide bonds. The summed E-state index contributed by atoms with van der Waals surface area (Å²) in [6.07, 6.45) is 9.97. The Bertz CT molecular complexity index is 734. The summed E-state index contributed by atoms with van der Waals surface area (Å²) in [7, 11) is 3.30. The second kappa shape index (κ2) is 7.71. The molecule has 1 aromatic carbocycles. The lowest BCUT2D eigenvalue weighted by Gasteiger charge is -2.61. The number of rotatable bonds is 4. The van der Waals surface area contributed by atoms with Crippen LogP contribution >= 0.6 is 12.2 Å². The Labute approximate surface area is 173 Å². The molecule has 1 spiro atoms. The fourth-order valence-electron chi connectivity index (χ4n) is 5.84. The number of hydrogen-bond acceptors (Lipinski definition) is 4. The topological polar surface area (TPSA) is 54.0 Å². The monoisotopic (exact) mass is 404 g/mol. The van der Waals surface area contributed by atoms with Gasteiger partial charge in [-0.1, -0.05) is 37.8 Å². The van der Waals surface area contributed by atoms with Gasteiger partial charge < -0.3 is 24.8 Å². The number of thiocarbonyl (C=S) groups is 1. The van der Waals surface area contributed by atoms with Crippen LogP contribution in [0.25, 0.3) is 0 Å². The molecular formula is C22H32N2O3S. The molecule has 1 heterocycles. The summed E-state index contributed by atoms with van der Waals surface area (Å²) in [5, 5.41) is 16.4. The highest BCUT2D eigenvalue weighted by Gasteiger charge is 2.58. The summed E-state index contributed by atoms with van der Waals surface area (Å²) in [5.74, 6) is 1.62. The maximum atomic E-state index is 12.0. The average Bonchev–Trinajstić information content (AvgIpc) is 2.71. The van der Waals surface area contributed by atoms with Crippen LogP contribution in [-0.2, 0) is 6.54 Å². The van der Waals surface area contributed by atoms with Crippen LogP contribution in [0.4, 0.5) is 0 Å². The Morgan fingerprint density at radius 2 is 1.86 bits per heavy atom. The van der Waals surface area contributed by atoms with Crippen LogP contribution < -0.4 is 14.8 Å². The minimum atomic E-state index is -0.897. The van der Waals surface area contributed by atoms with E-state index in [1.54, 1.807) is 14.2 Å². The highest BCUT2D eigenvalue weighted by Crippen LogP contribution is 2.51. The Kier molecular flexibility index (Phi) is 5.45. The number of methoxy groups -OCH3 is 2. The molecule has 1 saturated heterocycles. The quantitative estimate of drug-likeness (QED) is 0.741. The van der Waals surface area contributed by atoms with Gasteiger partial charge in [-0.15, -0.1) is 0 Å². The number of nitrogens with one attached hydrogen (secondary N) is 1. The molecule has 3 fully saturated rings. The van der Waals surface area contributed by atoms with Crippen LogP contribution in [-0.4, -0.2) is 40.6 Å². The summed E-state index contributed by atoms with van der Waals surface area (Å²) in [5.41, 5.74) is 0.0363. The number of nitrogens with zero attached hydrogens (tertiary/aromatic N) is 1. The van der Waals surface area contributed by atoms with Crippen molar-refractivity contribution in [1.29, 1.82) is 0 Å². The van der Waals surface area contributed by atoms with E-state index in [9.17, 15) is 5.11 Å². The summed E-state index contributed by atoms with van der Waals surface area (Å²) in [6.45, 7) is 0.509. The van der Waals surface area contributed by atoms with Crippen LogP contribution in [0.3, 0.4) is 0 Å². The first-order chi connectivity index (χ1) is 13.5. The van der Waals surface area contributed by atoms with Gasteiger partial charge in [0.05, 0.1) is 20.8 Å². The van der Waals surface area contributed by atoms with Crippen LogP contribution in [0.5, 0.6) is 11.5 Å². The van der Waals surface area contributed by atoms with E-state index in [0.717, 1.165) is 37.7 Å². The molecule has 0 unspecified atom stereocenters. The van der Waals surface area contributed by atoms with Crippen molar-refractivity contribution in [3.05, 3.63) is 23.8 Å². The van der Waals surface area contributed by atoms with E-state index in [1.807, 2.05) is 23.1 Å². The van der Waals surface area contributed by atoms with Gasteiger partial charge in [-0.25, -0.2) is 0 Å². The maximum Gasteiger partial charge on any atom is 0.171 e. The van der Waals surface area contributed by atoms with Gasteiger partial charge in [0.15, 0.2) is 16.6 Å². The molecule has 0 bridgehead atoms. The molecule has 1 aliphatic heterocycles. The highest BCUT2D eigenvalue weighted by molar-refractivity contribution is 7.80. The van der Waals surface area contributed by atoms with Crippen molar-refractivity contribution in [2.75, 3.05) is 14.2 Å². The van der Waals surface area contributed by atoms with E-state index in [1.165, 1.54) is 25.7 Å². The fourth-order valence-corrected chi connectivity index (χ4v) is 6.26. The Hall–Kier alpha value is -1.53. The zero-order chi connectivity index (χ0) is 19.8. The highest BCUT2D eigenvalue weighted by atomic mass is 32.1. The van der Waals surface area contributed by atoms with Gasteiger partial charge >= 0.3 is 0 Å². The van der Waals surface area contributed by atoms with Gasteiger partial charge in [0.2, 0.25) is 0 Å². The second-order valence-electron chi connectivity index (χ2n) is 8.56. The molecule has 2 aliphatic carbocycles. The van der Waals surface area contributed by atoms with Gasteiger partial charge in [0, 0.05) is 17.0 Å². The van der Waals surface area contributed by atoms with Crippen LogP contribution in [0, 0.1) is 5.92 Å².